The molecule has 2 rings (SSSR count). The molecule has 0 saturated carbocycles. The molecule has 0 radical (unpaired) electrons. The Morgan fingerprint density at radius 2 is 2.06 bits per heavy atom. The SMILES string of the molecule is O=c1[nH]c(=O)n([C@@H]2S[C@@H](CO)[C@@H](O)[C@H]2O)cc1Cl. The van der Waals surface area contributed by atoms with Crippen molar-refractivity contribution in [3.05, 3.63) is 32.1 Å². The standard InChI is InChI=1S/C9H11ClN2O5S/c10-3-1-12(9(17)11-7(3)16)8-6(15)5(14)4(2-13)18-8/h1,4-6,8,13-15H,2H2,(H,11,16,17)/t4-,5+,6+,8+/m0/s1. The molecule has 0 bridgehead atoms. The van der Waals surface area contributed by atoms with Crippen LogP contribution in [0.2, 0.25) is 5.02 Å². The number of aliphatic hydroxyl groups excluding tert-OH is 3. The van der Waals surface area contributed by atoms with Gasteiger partial charge in [-0.15, -0.1) is 11.8 Å². The van der Waals surface area contributed by atoms with Gasteiger partial charge in [0.25, 0.3) is 5.56 Å². The minimum absolute atomic E-state index is 0.190. The lowest BCUT2D eigenvalue weighted by molar-refractivity contribution is 0.0101. The van der Waals surface area contributed by atoms with E-state index in [1.165, 1.54) is 0 Å². The van der Waals surface area contributed by atoms with Crippen molar-refractivity contribution in [2.45, 2.75) is 22.8 Å². The van der Waals surface area contributed by atoms with Gasteiger partial charge in [-0.2, -0.15) is 0 Å². The molecule has 0 spiro atoms. The lowest BCUT2D eigenvalue weighted by Gasteiger charge is -2.17. The summed E-state index contributed by atoms with van der Waals surface area (Å²) in [6.07, 6.45) is -1.27. The molecule has 0 amide bonds. The highest BCUT2D eigenvalue weighted by molar-refractivity contribution is 8.00. The second-order valence-electron chi connectivity index (χ2n) is 3.87. The lowest BCUT2D eigenvalue weighted by atomic mass is 10.1. The van der Waals surface area contributed by atoms with Crippen LogP contribution in [0.15, 0.2) is 15.8 Å². The van der Waals surface area contributed by atoms with Gasteiger partial charge in [-0.25, -0.2) is 4.79 Å². The average Bonchev–Trinajstić information content (AvgIpc) is 2.61. The van der Waals surface area contributed by atoms with Gasteiger partial charge in [-0.3, -0.25) is 14.3 Å². The predicted molar refractivity (Wildman–Crippen MR) is 65.8 cm³/mol. The van der Waals surface area contributed by atoms with E-state index in [1.54, 1.807) is 0 Å². The molecule has 4 atom stereocenters. The smallest absolute Gasteiger partial charge is 0.329 e. The molecule has 18 heavy (non-hydrogen) atoms. The van der Waals surface area contributed by atoms with Crippen LogP contribution in [0.25, 0.3) is 0 Å². The molecular formula is C9H11ClN2O5S. The molecule has 1 aliphatic heterocycles. The van der Waals surface area contributed by atoms with Crippen LogP contribution in [0, 0.1) is 0 Å². The molecule has 4 N–H and O–H groups in total. The Bertz CT molecular complexity index is 559. The Labute approximate surface area is 110 Å². The van der Waals surface area contributed by atoms with Crippen molar-refractivity contribution in [3.8, 4) is 0 Å². The maximum Gasteiger partial charge on any atom is 0.329 e. The number of rotatable bonds is 2. The first kappa shape index (κ1) is 13.6. The van der Waals surface area contributed by atoms with E-state index in [-0.39, 0.29) is 11.6 Å². The van der Waals surface area contributed by atoms with Crippen LogP contribution in [0.4, 0.5) is 0 Å². The Kier molecular flexibility index (Phi) is 3.83. The zero-order valence-corrected chi connectivity index (χ0v) is 10.6. The molecule has 0 unspecified atom stereocenters. The maximum absolute atomic E-state index is 11.6. The number of nitrogens with zero attached hydrogens (tertiary/aromatic N) is 1. The number of aromatic nitrogens is 2. The van der Waals surface area contributed by atoms with E-state index >= 15 is 0 Å². The van der Waals surface area contributed by atoms with Gasteiger partial charge < -0.3 is 15.3 Å². The summed E-state index contributed by atoms with van der Waals surface area (Å²) in [5.74, 6) is 0. The lowest BCUT2D eigenvalue weighted by Crippen LogP contribution is -2.37. The van der Waals surface area contributed by atoms with E-state index in [1.807, 2.05) is 4.98 Å². The number of H-pyrrole nitrogens is 1. The zero-order chi connectivity index (χ0) is 13.4. The fourth-order valence-corrected chi connectivity index (χ4v) is 3.29. The van der Waals surface area contributed by atoms with Gasteiger partial charge in [0.1, 0.15) is 16.5 Å². The molecule has 0 aliphatic carbocycles. The molecule has 100 valence electrons. The summed E-state index contributed by atoms with van der Waals surface area (Å²) in [6.45, 7) is -0.328. The predicted octanol–water partition coefficient (Wildman–Crippen LogP) is -1.48. The minimum Gasteiger partial charge on any atom is -0.395 e. The van der Waals surface area contributed by atoms with Gasteiger partial charge in [0.15, 0.2) is 0 Å². The number of aromatic amines is 1. The summed E-state index contributed by atoms with van der Waals surface area (Å²) >= 11 is 6.65. The van der Waals surface area contributed by atoms with Gasteiger partial charge in [-0.1, -0.05) is 11.6 Å². The highest BCUT2D eigenvalue weighted by Gasteiger charge is 2.43. The highest BCUT2D eigenvalue weighted by Crippen LogP contribution is 2.40. The summed E-state index contributed by atoms with van der Waals surface area (Å²) in [7, 11) is 0. The monoisotopic (exact) mass is 294 g/mol. The number of nitrogens with one attached hydrogen (secondary N) is 1. The molecular weight excluding hydrogens is 284 g/mol. The van der Waals surface area contributed by atoms with Crippen molar-refractivity contribution in [1.29, 1.82) is 0 Å². The van der Waals surface area contributed by atoms with E-state index in [0.29, 0.717) is 0 Å². The van der Waals surface area contributed by atoms with Crippen molar-refractivity contribution in [1.82, 2.24) is 9.55 Å². The molecule has 1 aromatic heterocycles. The number of thioether (sulfide) groups is 1. The first-order chi connectivity index (χ1) is 8.45. The third-order valence-electron chi connectivity index (χ3n) is 2.72. The fraction of sp³-hybridized carbons (Fsp3) is 0.556. The van der Waals surface area contributed by atoms with Gasteiger partial charge in [0, 0.05) is 6.20 Å². The van der Waals surface area contributed by atoms with Gasteiger partial charge in [0.05, 0.1) is 18.0 Å². The van der Waals surface area contributed by atoms with Crippen molar-refractivity contribution >= 4 is 23.4 Å². The van der Waals surface area contributed by atoms with Crippen LogP contribution >= 0.6 is 23.4 Å². The van der Waals surface area contributed by atoms with Crippen molar-refractivity contribution in [3.63, 3.8) is 0 Å². The Morgan fingerprint density at radius 1 is 1.39 bits per heavy atom. The van der Waals surface area contributed by atoms with Crippen molar-refractivity contribution < 1.29 is 15.3 Å². The minimum atomic E-state index is -1.23. The van der Waals surface area contributed by atoms with Crippen LogP contribution < -0.4 is 11.2 Å². The van der Waals surface area contributed by atoms with Crippen molar-refractivity contribution in [2.75, 3.05) is 6.61 Å². The zero-order valence-electron chi connectivity index (χ0n) is 8.99. The first-order valence-corrected chi connectivity index (χ1v) is 6.41. The largest absolute Gasteiger partial charge is 0.395 e. The average molecular weight is 295 g/mol. The van der Waals surface area contributed by atoms with E-state index in [0.717, 1.165) is 22.5 Å². The van der Waals surface area contributed by atoms with Crippen LogP contribution in [0.3, 0.4) is 0 Å². The summed E-state index contributed by atoms with van der Waals surface area (Å²) in [5.41, 5.74) is -1.44. The van der Waals surface area contributed by atoms with Gasteiger partial charge in [0.2, 0.25) is 0 Å². The van der Waals surface area contributed by atoms with E-state index in [9.17, 15) is 19.8 Å². The van der Waals surface area contributed by atoms with Crippen LogP contribution in [0.5, 0.6) is 0 Å². The molecule has 7 nitrogen and oxygen atoms in total. The summed E-state index contributed by atoms with van der Waals surface area (Å²) < 4.78 is 1.04. The quantitative estimate of drug-likeness (QED) is 0.529. The maximum atomic E-state index is 11.6. The van der Waals surface area contributed by atoms with E-state index < -0.39 is 34.1 Å². The molecule has 1 fully saturated rings. The fourth-order valence-electron chi connectivity index (χ4n) is 1.76. The number of aliphatic hydroxyl groups is 3. The van der Waals surface area contributed by atoms with Gasteiger partial charge >= 0.3 is 5.69 Å². The normalized spacial score (nSPS) is 31.8. The van der Waals surface area contributed by atoms with Crippen molar-refractivity contribution in [2.24, 2.45) is 0 Å². The third-order valence-corrected chi connectivity index (χ3v) is 4.55. The summed E-state index contributed by atoms with van der Waals surface area (Å²) in [5, 5.41) is 26.9. The third kappa shape index (κ3) is 2.21. The van der Waals surface area contributed by atoms with E-state index in [4.69, 9.17) is 16.7 Å². The highest BCUT2D eigenvalue weighted by atomic mass is 35.5. The van der Waals surface area contributed by atoms with E-state index in [2.05, 4.69) is 0 Å². The Morgan fingerprint density at radius 3 is 2.61 bits per heavy atom. The Balaban J connectivity index is 2.42. The molecule has 2 heterocycles. The molecule has 1 aliphatic rings. The summed E-state index contributed by atoms with van der Waals surface area (Å²) in [4.78, 5) is 24.7. The number of hydrogen-bond acceptors (Lipinski definition) is 6. The summed E-state index contributed by atoms with van der Waals surface area (Å²) in [6, 6.07) is 0. The number of hydrogen-bond donors (Lipinski definition) is 4. The molecule has 1 saturated heterocycles. The number of halogens is 1. The first-order valence-electron chi connectivity index (χ1n) is 5.09. The molecule has 9 heteroatoms. The van der Waals surface area contributed by atoms with Crippen LogP contribution in [-0.4, -0.2) is 48.9 Å². The van der Waals surface area contributed by atoms with Crippen LogP contribution in [-0.2, 0) is 0 Å². The topological polar surface area (TPSA) is 116 Å². The molecule has 1 aromatic rings. The van der Waals surface area contributed by atoms with Crippen LogP contribution in [0.1, 0.15) is 5.37 Å². The molecule has 0 aromatic carbocycles. The second kappa shape index (κ2) is 5.06. The van der Waals surface area contributed by atoms with Gasteiger partial charge in [-0.05, 0) is 0 Å². The second-order valence-corrected chi connectivity index (χ2v) is 5.64. The Hall–Kier alpha value is -0.800.